The maximum Gasteiger partial charge on any atom is 0.349 e. The molecule has 3 aromatic carbocycles. The van der Waals surface area contributed by atoms with Crippen LogP contribution >= 0.6 is 0 Å². The summed E-state index contributed by atoms with van der Waals surface area (Å²) in [4.78, 5) is 24.5. The zero-order valence-corrected chi connectivity index (χ0v) is 17.6. The summed E-state index contributed by atoms with van der Waals surface area (Å²) < 4.78 is 11.0. The minimum absolute atomic E-state index is 0.194. The molecule has 0 unspecified atom stereocenters. The summed E-state index contributed by atoms with van der Waals surface area (Å²) in [6.45, 7) is 7.69. The molecule has 154 valence electrons. The van der Waals surface area contributed by atoms with Gasteiger partial charge in [-0.05, 0) is 80.8 Å². The quantitative estimate of drug-likeness (QED) is 0.456. The Labute approximate surface area is 176 Å². The van der Waals surface area contributed by atoms with Gasteiger partial charge >= 0.3 is 5.97 Å². The SMILES string of the molecule is Cc1ccc(NC(=O)c2ccc(OC(=O)COc3c(C)ccc(C)c3C)cc2)cc1. The van der Waals surface area contributed by atoms with E-state index in [9.17, 15) is 9.59 Å². The van der Waals surface area contributed by atoms with Crippen LogP contribution in [0, 0.1) is 27.7 Å². The highest BCUT2D eigenvalue weighted by Gasteiger charge is 2.12. The molecule has 5 heteroatoms. The molecule has 1 N–H and O–H groups in total. The van der Waals surface area contributed by atoms with Crippen molar-refractivity contribution in [3.63, 3.8) is 0 Å². The molecule has 0 spiro atoms. The number of nitrogens with one attached hydrogen (secondary N) is 1. The van der Waals surface area contributed by atoms with Crippen LogP contribution in [0.25, 0.3) is 0 Å². The second-order valence-corrected chi connectivity index (χ2v) is 7.26. The Balaban J connectivity index is 1.56. The molecule has 0 atom stereocenters. The molecule has 3 rings (SSSR count). The Morgan fingerprint density at radius 1 is 0.800 bits per heavy atom. The summed E-state index contributed by atoms with van der Waals surface area (Å²) >= 11 is 0. The summed E-state index contributed by atoms with van der Waals surface area (Å²) in [7, 11) is 0. The molecular weight excluding hydrogens is 378 g/mol. The zero-order valence-electron chi connectivity index (χ0n) is 17.6. The van der Waals surface area contributed by atoms with Crippen molar-refractivity contribution < 1.29 is 19.1 Å². The van der Waals surface area contributed by atoms with Crippen LogP contribution in [-0.2, 0) is 4.79 Å². The number of carbonyl (C=O) groups is 2. The van der Waals surface area contributed by atoms with Crippen molar-refractivity contribution in [1.29, 1.82) is 0 Å². The Morgan fingerprint density at radius 2 is 1.43 bits per heavy atom. The highest BCUT2D eigenvalue weighted by atomic mass is 16.6. The number of amides is 1. The molecule has 3 aromatic rings. The third-order valence-corrected chi connectivity index (χ3v) is 4.87. The summed E-state index contributed by atoms with van der Waals surface area (Å²) in [6.07, 6.45) is 0. The van der Waals surface area contributed by atoms with E-state index < -0.39 is 5.97 Å². The van der Waals surface area contributed by atoms with Crippen LogP contribution in [0.15, 0.2) is 60.7 Å². The monoisotopic (exact) mass is 403 g/mol. The van der Waals surface area contributed by atoms with Gasteiger partial charge in [0.25, 0.3) is 5.91 Å². The second kappa shape index (κ2) is 9.27. The van der Waals surface area contributed by atoms with Crippen LogP contribution < -0.4 is 14.8 Å². The zero-order chi connectivity index (χ0) is 21.7. The van der Waals surface area contributed by atoms with E-state index in [0.29, 0.717) is 17.1 Å². The average molecular weight is 403 g/mol. The van der Waals surface area contributed by atoms with Gasteiger partial charge in [0, 0.05) is 11.3 Å². The third-order valence-electron chi connectivity index (χ3n) is 4.87. The first-order valence-electron chi connectivity index (χ1n) is 9.72. The number of hydrogen-bond acceptors (Lipinski definition) is 4. The topological polar surface area (TPSA) is 64.6 Å². The van der Waals surface area contributed by atoms with Crippen molar-refractivity contribution in [2.45, 2.75) is 27.7 Å². The first-order chi connectivity index (χ1) is 14.3. The lowest BCUT2D eigenvalue weighted by Gasteiger charge is -2.13. The van der Waals surface area contributed by atoms with Gasteiger partial charge in [-0.25, -0.2) is 4.79 Å². The van der Waals surface area contributed by atoms with Crippen LogP contribution in [0.4, 0.5) is 5.69 Å². The predicted molar refractivity (Wildman–Crippen MR) is 117 cm³/mol. The Bertz CT molecular complexity index is 1050. The number of aryl methyl sites for hydroxylation is 3. The molecule has 5 nitrogen and oxygen atoms in total. The number of hydrogen-bond donors (Lipinski definition) is 1. The molecule has 0 saturated carbocycles. The van der Waals surface area contributed by atoms with E-state index >= 15 is 0 Å². The van der Waals surface area contributed by atoms with Gasteiger partial charge in [0.1, 0.15) is 11.5 Å². The summed E-state index contributed by atoms with van der Waals surface area (Å²) in [5.41, 5.74) is 5.39. The van der Waals surface area contributed by atoms with Crippen LogP contribution in [0.1, 0.15) is 32.6 Å². The lowest BCUT2D eigenvalue weighted by atomic mass is 10.1. The molecule has 0 aliphatic heterocycles. The summed E-state index contributed by atoms with van der Waals surface area (Å²) in [5.74, 6) is 0.320. The van der Waals surface area contributed by atoms with Gasteiger partial charge in [-0.1, -0.05) is 29.8 Å². The van der Waals surface area contributed by atoms with Crippen LogP contribution in [0.3, 0.4) is 0 Å². The standard InChI is InChI=1S/C25H25NO4/c1-16-5-11-21(12-6-16)26-25(28)20-9-13-22(14-10-20)30-23(27)15-29-24-18(3)8-7-17(2)19(24)4/h5-14H,15H2,1-4H3,(H,26,28). The molecule has 0 saturated heterocycles. The fraction of sp³-hybridized carbons (Fsp3) is 0.200. The Morgan fingerprint density at radius 3 is 2.10 bits per heavy atom. The number of benzene rings is 3. The molecule has 0 aliphatic rings. The maximum atomic E-state index is 12.3. The molecule has 0 heterocycles. The van der Waals surface area contributed by atoms with Crippen molar-refractivity contribution in [3.05, 3.63) is 88.5 Å². The fourth-order valence-electron chi connectivity index (χ4n) is 2.95. The Hall–Kier alpha value is -3.60. The van der Waals surface area contributed by atoms with E-state index in [2.05, 4.69) is 5.32 Å². The maximum absolute atomic E-state index is 12.3. The number of carbonyl (C=O) groups excluding carboxylic acids is 2. The lowest BCUT2D eigenvalue weighted by Crippen LogP contribution is -2.18. The van der Waals surface area contributed by atoms with Gasteiger partial charge in [0.15, 0.2) is 6.61 Å². The van der Waals surface area contributed by atoms with E-state index in [1.807, 2.05) is 64.1 Å². The van der Waals surface area contributed by atoms with Crippen molar-refractivity contribution >= 4 is 17.6 Å². The van der Waals surface area contributed by atoms with Gasteiger partial charge in [-0.3, -0.25) is 4.79 Å². The van der Waals surface area contributed by atoms with Crippen molar-refractivity contribution in [2.24, 2.45) is 0 Å². The van der Waals surface area contributed by atoms with Gasteiger partial charge in [-0.2, -0.15) is 0 Å². The molecule has 0 fully saturated rings. The number of ether oxygens (including phenoxy) is 2. The number of rotatable bonds is 6. The summed E-state index contributed by atoms with van der Waals surface area (Å²) in [5, 5.41) is 2.83. The van der Waals surface area contributed by atoms with E-state index in [1.165, 1.54) is 0 Å². The first-order valence-corrected chi connectivity index (χ1v) is 9.72. The lowest BCUT2D eigenvalue weighted by molar-refractivity contribution is -0.136. The fourth-order valence-corrected chi connectivity index (χ4v) is 2.95. The largest absolute Gasteiger partial charge is 0.481 e. The first kappa shape index (κ1) is 21.1. The number of esters is 1. The minimum atomic E-state index is -0.507. The van der Waals surface area contributed by atoms with Crippen molar-refractivity contribution in [1.82, 2.24) is 0 Å². The normalized spacial score (nSPS) is 10.4. The minimum Gasteiger partial charge on any atom is -0.481 e. The van der Waals surface area contributed by atoms with Crippen molar-refractivity contribution in [3.8, 4) is 11.5 Å². The molecule has 1 amide bonds. The van der Waals surface area contributed by atoms with Gasteiger partial charge in [-0.15, -0.1) is 0 Å². The van der Waals surface area contributed by atoms with Gasteiger partial charge in [0.2, 0.25) is 0 Å². The van der Waals surface area contributed by atoms with Crippen LogP contribution in [-0.4, -0.2) is 18.5 Å². The highest BCUT2D eigenvalue weighted by molar-refractivity contribution is 6.04. The second-order valence-electron chi connectivity index (χ2n) is 7.26. The third kappa shape index (κ3) is 5.26. The van der Waals surface area contributed by atoms with Crippen LogP contribution in [0.2, 0.25) is 0 Å². The van der Waals surface area contributed by atoms with E-state index in [1.54, 1.807) is 24.3 Å². The number of anilines is 1. The molecule has 0 aromatic heterocycles. The Kier molecular flexibility index (Phi) is 6.52. The molecule has 0 aliphatic carbocycles. The molecular formula is C25H25NO4. The summed E-state index contributed by atoms with van der Waals surface area (Å²) in [6, 6.07) is 17.9. The van der Waals surface area contributed by atoms with Gasteiger partial charge in [0.05, 0.1) is 0 Å². The van der Waals surface area contributed by atoms with E-state index in [4.69, 9.17) is 9.47 Å². The predicted octanol–water partition coefficient (Wildman–Crippen LogP) is 5.16. The smallest absolute Gasteiger partial charge is 0.349 e. The highest BCUT2D eigenvalue weighted by Crippen LogP contribution is 2.25. The van der Waals surface area contributed by atoms with Gasteiger partial charge < -0.3 is 14.8 Å². The van der Waals surface area contributed by atoms with E-state index in [-0.39, 0.29) is 12.5 Å². The average Bonchev–Trinajstić information content (AvgIpc) is 2.73. The molecule has 30 heavy (non-hydrogen) atoms. The molecule has 0 radical (unpaired) electrons. The van der Waals surface area contributed by atoms with E-state index in [0.717, 1.165) is 27.9 Å². The van der Waals surface area contributed by atoms with Crippen molar-refractivity contribution in [2.75, 3.05) is 11.9 Å². The van der Waals surface area contributed by atoms with Crippen LogP contribution in [0.5, 0.6) is 11.5 Å². The molecule has 0 bridgehead atoms.